The molecular weight excluding hydrogens is 272 g/mol. The molecule has 1 heterocycles. The van der Waals surface area contributed by atoms with Crippen molar-refractivity contribution in [3.63, 3.8) is 0 Å². The molecule has 20 heavy (non-hydrogen) atoms. The molecule has 0 saturated heterocycles. The molecular formula is C15H14N2O2S. The quantitative estimate of drug-likeness (QED) is 0.856. The van der Waals surface area contributed by atoms with Gasteiger partial charge < -0.3 is 10.4 Å². The third-order valence-corrected chi connectivity index (χ3v) is 3.86. The van der Waals surface area contributed by atoms with Gasteiger partial charge in [-0.25, -0.2) is 0 Å². The van der Waals surface area contributed by atoms with Crippen molar-refractivity contribution in [3.8, 4) is 6.07 Å². The highest BCUT2D eigenvalue weighted by Gasteiger charge is 2.15. The largest absolute Gasteiger partial charge is 0.481 e. The molecule has 102 valence electrons. The van der Waals surface area contributed by atoms with E-state index in [1.54, 1.807) is 12.1 Å². The van der Waals surface area contributed by atoms with Crippen LogP contribution in [0.3, 0.4) is 0 Å². The van der Waals surface area contributed by atoms with Crippen LogP contribution in [0.4, 0.5) is 0 Å². The van der Waals surface area contributed by atoms with Crippen molar-refractivity contribution in [1.29, 1.82) is 5.26 Å². The molecule has 2 N–H and O–H groups in total. The molecule has 0 radical (unpaired) electrons. The number of carboxylic acid groups (broad SMARTS) is 1. The van der Waals surface area contributed by atoms with E-state index in [2.05, 4.69) is 11.4 Å². The lowest BCUT2D eigenvalue weighted by Crippen LogP contribution is -2.22. The highest BCUT2D eigenvalue weighted by Crippen LogP contribution is 2.22. The van der Waals surface area contributed by atoms with Crippen LogP contribution in [0.2, 0.25) is 0 Å². The molecule has 2 rings (SSSR count). The highest BCUT2D eigenvalue weighted by molar-refractivity contribution is 7.10. The molecule has 5 heteroatoms. The number of hydrogen-bond acceptors (Lipinski definition) is 4. The molecule has 0 aliphatic rings. The van der Waals surface area contributed by atoms with E-state index >= 15 is 0 Å². The average molecular weight is 286 g/mol. The van der Waals surface area contributed by atoms with Crippen LogP contribution in [0.15, 0.2) is 41.8 Å². The van der Waals surface area contributed by atoms with E-state index in [4.69, 9.17) is 10.4 Å². The summed E-state index contributed by atoms with van der Waals surface area (Å²) in [6, 6.07) is 13.0. The molecule has 0 saturated carbocycles. The van der Waals surface area contributed by atoms with Gasteiger partial charge in [-0.05, 0) is 29.1 Å². The van der Waals surface area contributed by atoms with Crippen molar-refractivity contribution in [2.45, 2.75) is 19.0 Å². The number of thiophene rings is 1. The van der Waals surface area contributed by atoms with Crippen molar-refractivity contribution in [1.82, 2.24) is 5.32 Å². The van der Waals surface area contributed by atoms with E-state index in [0.717, 1.165) is 10.4 Å². The zero-order valence-corrected chi connectivity index (χ0v) is 11.6. The van der Waals surface area contributed by atoms with Crippen LogP contribution in [-0.4, -0.2) is 11.1 Å². The predicted molar refractivity (Wildman–Crippen MR) is 77.3 cm³/mol. The summed E-state index contributed by atoms with van der Waals surface area (Å²) in [4.78, 5) is 11.9. The van der Waals surface area contributed by atoms with Crippen LogP contribution in [0.5, 0.6) is 0 Å². The van der Waals surface area contributed by atoms with Gasteiger partial charge >= 0.3 is 5.97 Å². The van der Waals surface area contributed by atoms with Gasteiger partial charge in [0.15, 0.2) is 0 Å². The summed E-state index contributed by atoms with van der Waals surface area (Å²) >= 11 is 1.54. The van der Waals surface area contributed by atoms with E-state index in [1.807, 2.05) is 29.6 Å². The summed E-state index contributed by atoms with van der Waals surface area (Å²) in [6.07, 6.45) is 0.0401. The average Bonchev–Trinajstić information content (AvgIpc) is 2.97. The number of benzene rings is 1. The maximum Gasteiger partial charge on any atom is 0.305 e. The van der Waals surface area contributed by atoms with Crippen LogP contribution in [0.1, 0.15) is 28.5 Å². The van der Waals surface area contributed by atoms with Crippen LogP contribution < -0.4 is 5.32 Å². The summed E-state index contributed by atoms with van der Waals surface area (Å²) in [5.74, 6) is -0.832. The highest BCUT2D eigenvalue weighted by atomic mass is 32.1. The minimum Gasteiger partial charge on any atom is -0.481 e. The Labute approximate surface area is 121 Å². The first-order valence-corrected chi connectivity index (χ1v) is 7.04. The maximum atomic E-state index is 10.9. The van der Waals surface area contributed by atoms with E-state index in [-0.39, 0.29) is 12.5 Å². The first-order valence-electron chi connectivity index (χ1n) is 6.16. The fourth-order valence-electron chi connectivity index (χ4n) is 1.93. The molecule has 0 amide bonds. The van der Waals surface area contributed by atoms with Crippen LogP contribution in [0, 0.1) is 11.3 Å². The Morgan fingerprint density at radius 2 is 2.25 bits per heavy atom. The number of carbonyl (C=O) groups is 1. The van der Waals surface area contributed by atoms with Crippen molar-refractivity contribution in [3.05, 3.63) is 57.8 Å². The fourth-order valence-corrected chi connectivity index (χ4v) is 2.73. The molecule has 4 nitrogen and oxygen atoms in total. The standard InChI is InChI=1S/C15H14N2O2S/c16-9-11-3-1-4-12(7-11)10-17-13(8-15(18)19)14-5-2-6-20-14/h1-7,13,17H,8,10H2,(H,18,19). The molecule has 0 fully saturated rings. The second-order valence-corrected chi connectivity index (χ2v) is 5.34. The summed E-state index contributed by atoms with van der Waals surface area (Å²) in [7, 11) is 0. The Morgan fingerprint density at radius 1 is 1.40 bits per heavy atom. The van der Waals surface area contributed by atoms with E-state index in [1.165, 1.54) is 11.3 Å². The van der Waals surface area contributed by atoms with Crippen LogP contribution >= 0.6 is 11.3 Å². The van der Waals surface area contributed by atoms with Crippen molar-refractivity contribution in [2.24, 2.45) is 0 Å². The van der Waals surface area contributed by atoms with Crippen LogP contribution in [0.25, 0.3) is 0 Å². The van der Waals surface area contributed by atoms with Gasteiger partial charge in [-0.1, -0.05) is 18.2 Å². The van der Waals surface area contributed by atoms with E-state index in [9.17, 15) is 4.79 Å². The topological polar surface area (TPSA) is 73.1 Å². The number of aliphatic carboxylic acids is 1. The molecule has 2 aromatic rings. The zero-order valence-electron chi connectivity index (χ0n) is 10.7. The molecule has 0 aliphatic carbocycles. The number of nitriles is 1. The molecule has 1 unspecified atom stereocenters. The van der Waals surface area contributed by atoms with Gasteiger partial charge in [-0.15, -0.1) is 11.3 Å². The summed E-state index contributed by atoms with van der Waals surface area (Å²) < 4.78 is 0. The van der Waals surface area contributed by atoms with Gasteiger partial charge in [-0.3, -0.25) is 4.79 Å². The first kappa shape index (κ1) is 14.3. The van der Waals surface area contributed by atoms with Crippen molar-refractivity contribution < 1.29 is 9.90 Å². The molecule has 1 aromatic heterocycles. The lowest BCUT2D eigenvalue weighted by Gasteiger charge is -2.15. The smallest absolute Gasteiger partial charge is 0.305 e. The fraction of sp³-hybridized carbons (Fsp3) is 0.200. The number of rotatable bonds is 6. The number of nitrogens with one attached hydrogen (secondary N) is 1. The van der Waals surface area contributed by atoms with Gasteiger partial charge in [0, 0.05) is 11.4 Å². The van der Waals surface area contributed by atoms with Crippen molar-refractivity contribution in [2.75, 3.05) is 0 Å². The lowest BCUT2D eigenvalue weighted by atomic mass is 10.1. The van der Waals surface area contributed by atoms with Crippen molar-refractivity contribution >= 4 is 17.3 Å². The Kier molecular flexibility index (Phi) is 4.88. The second-order valence-electron chi connectivity index (χ2n) is 4.36. The van der Waals surface area contributed by atoms with Gasteiger partial charge in [0.2, 0.25) is 0 Å². The molecule has 0 aliphatic heterocycles. The monoisotopic (exact) mass is 286 g/mol. The van der Waals surface area contributed by atoms with Gasteiger partial charge in [0.25, 0.3) is 0 Å². The minimum atomic E-state index is -0.832. The third-order valence-electron chi connectivity index (χ3n) is 2.87. The Morgan fingerprint density at radius 3 is 2.90 bits per heavy atom. The van der Waals surface area contributed by atoms with Crippen LogP contribution in [-0.2, 0) is 11.3 Å². The number of carboxylic acids is 1. The predicted octanol–water partition coefficient (Wildman–Crippen LogP) is 2.93. The second kappa shape index (κ2) is 6.85. The molecule has 1 aromatic carbocycles. The van der Waals surface area contributed by atoms with E-state index < -0.39 is 5.97 Å². The zero-order chi connectivity index (χ0) is 14.4. The Hall–Kier alpha value is -2.16. The summed E-state index contributed by atoms with van der Waals surface area (Å²) in [6.45, 7) is 0.533. The van der Waals surface area contributed by atoms with Gasteiger partial charge in [-0.2, -0.15) is 5.26 Å². The maximum absolute atomic E-state index is 10.9. The van der Waals surface area contributed by atoms with E-state index in [0.29, 0.717) is 12.1 Å². The Balaban J connectivity index is 2.05. The first-order chi connectivity index (χ1) is 9.69. The Bertz CT molecular complexity index is 617. The van der Waals surface area contributed by atoms with Gasteiger partial charge in [0.1, 0.15) is 0 Å². The molecule has 0 spiro atoms. The minimum absolute atomic E-state index is 0.0401. The number of hydrogen-bond donors (Lipinski definition) is 2. The number of nitrogens with zero attached hydrogens (tertiary/aromatic N) is 1. The molecule has 1 atom stereocenters. The summed E-state index contributed by atoms with van der Waals surface area (Å²) in [5.41, 5.74) is 1.58. The normalized spacial score (nSPS) is 11.8. The SMILES string of the molecule is N#Cc1cccc(CNC(CC(=O)O)c2cccs2)c1. The molecule has 0 bridgehead atoms. The summed E-state index contributed by atoms with van der Waals surface area (Å²) in [5, 5.41) is 23.0. The third kappa shape index (κ3) is 3.92. The lowest BCUT2D eigenvalue weighted by molar-refractivity contribution is -0.137. The van der Waals surface area contributed by atoms with Gasteiger partial charge in [0.05, 0.1) is 24.1 Å².